The lowest BCUT2D eigenvalue weighted by Gasteiger charge is -2.35. The molecule has 1 N–H and O–H groups in total. The maximum Gasteiger partial charge on any atom is 0.251 e. The molecule has 4 rings (SSSR count). The average Bonchev–Trinajstić information content (AvgIpc) is 3.22. The molecule has 162 valence electrons. The van der Waals surface area contributed by atoms with Crippen LogP contribution in [-0.2, 0) is 20.2 Å². The summed E-state index contributed by atoms with van der Waals surface area (Å²) in [5.41, 5.74) is 2.95. The smallest absolute Gasteiger partial charge is 0.251 e. The minimum absolute atomic E-state index is 0.0937. The van der Waals surface area contributed by atoms with Gasteiger partial charge in [-0.3, -0.25) is 4.79 Å². The maximum absolute atomic E-state index is 12.7. The van der Waals surface area contributed by atoms with Crippen molar-refractivity contribution in [1.82, 2.24) is 19.8 Å². The lowest BCUT2D eigenvalue weighted by atomic mass is 10.1. The van der Waals surface area contributed by atoms with E-state index in [1.54, 1.807) is 18.3 Å². The number of carbonyl (C=O) groups is 1. The first kappa shape index (κ1) is 20.9. The summed E-state index contributed by atoms with van der Waals surface area (Å²) in [7, 11) is 4.08. The molecule has 31 heavy (non-hydrogen) atoms. The van der Waals surface area contributed by atoms with Gasteiger partial charge < -0.3 is 24.4 Å². The number of hydrogen-bond donors (Lipinski definition) is 1. The van der Waals surface area contributed by atoms with Gasteiger partial charge >= 0.3 is 0 Å². The molecule has 0 radical (unpaired) electrons. The largest absolute Gasteiger partial charge is 0.486 e. The van der Waals surface area contributed by atoms with Gasteiger partial charge in [-0.1, -0.05) is 18.2 Å². The minimum Gasteiger partial charge on any atom is -0.486 e. The lowest BCUT2D eigenvalue weighted by molar-refractivity contribution is 0.0951. The number of piperazine rings is 1. The molecule has 2 heterocycles. The third-order valence-electron chi connectivity index (χ3n) is 5.68. The Kier molecular flexibility index (Phi) is 6.52. The SMILES string of the molecule is CN1CCN(c2ccccc2CNC(=O)c2ccc(OCc3nccn3C)cc2)CC1. The Hall–Kier alpha value is -3.32. The van der Waals surface area contributed by atoms with Crippen LogP contribution in [0.3, 0.4) is 0 Å². The highest BCUT2D eigenvalue weighted by atomic mass is 16.5. The summed E-state index contributed by atoms with van der Waals surface area (Å²) >= 11 is 0. The van der Waals surface area contributed by atoms with E-state index in [0.29, 0.717) is 24.5 Å². The van der Waals surface area contributed by atoms with Crippen molar-refractivity contribution in [3.05, 3.63) is 77.9 Å². The van der Waals surface area contributed by atoms with Crippen LogP contribution in [0.25, 0.3) is 0 Å². The highest BCUT2D eigenvalue weighted by Gasteiger charge is 2.17. The summed E-state index contributed by atoms with van der Waals surface area (Å²) in [5, 5.41) is 3.05. The number of nitrogens with zero attached hydrogens (tertiary/aromatic N) is 4. The van der Waals surface area contributed by atoms with Crippen molar-refractivity contribution in [3.8, 4) is 5.75 Å². The summed E-state index contributed by atoms with van der Waals surface area (Å²) in [5.74, 6) is 1.46. The van der Waals surface area contributed by atoms with E-state index in [0.717, 1.165) is 37.6 Å². The predicted octanol–water partition coefficient (Wildman–Crippen LogP) is 2.68. The molecule has 1 amide bonds. The molecule has 0 saturated carbocycles. The molecule has 0 unspecified atom stereocenters. The van der Waals surface area contributed by atoms with Crippen molar-refractivity contribution in [2.24, 2.45) is 7.05 Å². The molecule has 0 aliphatic carbocycles. The standard InChI is InChI=1S/C24H29N5O2/c1-27-13-15-29(16-14-27)22-6-4-3-5-20(22)17-26-24(30)19-7-9-21(10-8-19)31-18-23-25-11-12-28(23)2/h3-12H,13-18H2,1-2H3,(H,26,30). The van der Waals surface area contributed by atoms with E-state index in [4.69, 9.17) is 4.74 Å². The second kappa shape index (κ2) is 9.66. The number of imidazole rings is 1. The number of aryl methyl sites for hydroxylation is 1. The minimum atomic E-state index is -0.0937. The molecule has 2 aromatic carbocycles. The molecule has 7 heteroatoms. The number of aromatic nitrogens is 2. The molecule has 1 aliphatic rings. The van der Waals surface area contributed by atoms with Gasteiger partial charge in [0.15, 0.2) is 0 Å². The average molecular weight is 420 g/mol. The van der Waals surface area contributed by atoms with E-state index in [-0.39, 0.29) is 5.91 Å². The molecule has 1 aliphatic heterocycles. The zero-order chi connectivity index (χ0) is 21.6. The molecule has 1 fully saturated rings. The Balaban J connectivity index is 1.33. The van der Waals surface area contributed by atoms with Crippen LogP contribution >= 0.6 is 0 Å². The van der Waals surface area contributed by atoms with Gasteiger partial charge in [0.2, 0.25) is 0 Å². The Bertz CT molecular complexity index is 1010. The highest BCUT2D eigenvalue weighted by Crippen LogP contribution is 2.22. The molecule has 1 aromatic heterocycles. The van der Waals surface area contributed by atoms with Crippen LogP contribution in [0.1, 0.15) is 21.7 Å². The summed E-state index contributed by atoms with van der Waals surface area (Å²) in [6, 6.07) is 15.5. The number of rotatable bonds is 7. The predicted molar refractivity (Wildman–Crippen MR) is 121 cm³/mol. The topological polar surface area (TPSA) is 62.6 Å². The summed E-state index contributed by atoms with van der Waals surface area (Å²) in [4.78, 5) is 21.6. The molecular formula is C24H29N5O2. The van der Waals surface area contributed by atoms with E-state index in [1.165, 1.54) is 5.69 Å². The molecule has 1 saturated heterocycles. The fourth-order valence-corrected chi connectivity index (χ4v) is 3.68. The van der Waals surface area contributed by atoms with Gasteiger partial charge in [-0.25, -0.2) is 4.98 Å². The fourth-order valence-electron chi connectivity index (χ4n) is 3.68. The van der Waals surface area contributed by atoms with Crippen LogP contribution in [0.5, 0.6) is 5.75 Å². The lowest BCUT2D eigenvalue weighted by Crippen LogP contribution is -2.45. The molecule has 3 aromatic rings. The highest BCUT2D eigenvalue weighted by molar-refractivity contribution is 5.94. The van der Waals surface area contributed by atoms with E-state index >= 15 is 0 Å². The quantitative estimate of drug-likeness (QED) is 0.638. The van der Waals surface area contributed by atoms with Crippen molar-refractivity contribution >= 4 is 11.6 Å². The molecule has 0 atom stereocenters. The van der Waals surface area contributed by atoms with E-state index in [9.17, 15) is 4.79 Å². The second-order valence-corrected chi connectivity index (χ2v) is 7.87. The maximum atomic E-state index is 12.7. The number of carbonyl (C=O) groups excluding carboxylic acids is 1. The second-order valence-electron chi connectivity index (χ2n) is 7.87. The van der Waals surface area contributed by atoms with Crippen LogP contribution < -0.4 is 15.0 Å². The number of para-hydroxylation sites is 1. The van der Waals surface area contributed by atoms with E-state index < -0.39 is 0 Å². The number of benzene rings is 2. The molecule has 0 spiro atoms. The van der Waals surface area contributed by atoms with Gasteiger partial charge in [-0.15, -0.1) is 0 Å². The fraction of sp³-hybridized carbons (Fsp3) is 0.333. The zero-order valence-corrected chi connectivity index (χ0v) is 18.1. The van der Waals surface area contributed by atoms with Crippen LogP contribution in [-0.4, -0.2) is 53.6 Å². The van der Waals surface area contributed by atoms with Crippen LogP contribution in [0.15, 0.2) is 60.9 Å². The first-order valence-corrected chi connectivity index (χ1v) is 10.6. The van der Waals surface area contributed by atoms with Crippen LogP contribution in [0.2, 0.25) is 0 Å². The summed E-state index contributed by atoms with van der Waals surface area (Å²) in [6.07, 6.45) is 3.63. The Morgan fingerprint density at radius 2 is 1.77 bits per heavy atom. The number of nitrogens with one attached hydrogen (secondary N) is 1. The molecular weight excluding hydrogens is 390 g/mol. The van der Waals surface area contributed by atoms with Gasteiger partial charge in [-0.2, -0.15) is 0 Å². The number of hydrogen-bond acceptors (Lipinski definition) is 5. The van der Waals surface area contributed by atoms with Crippen molar-refractivity contribution < 1.29 is 9.53 Å². The van der Waals surface area contributed by atoms with Crippen LogP contribution in [0.4, 0.5) is 5.69 Å². The van der Waals surface area contributed by atoms with E-state index in [2.05, 4.69) is 45.3 Å². The number of amides is 1. The van der Waals surface area contributed by atoms with E-state index in [1.807, 2.05) is 36.0 Å². The van der Waals surface area contributed by atoms with Gasteiger partial charge in [0.1, 0.15) is 18.2 Å². The summed E-state index contributed by atoms with van der Waals surface area (Å²) < 4.78 is 7.68. The normalized spacial score (nSPS) is 14.5. The first-order chi connectivity index (χ1) is 15.1. The van der Waals surface area contributed by atoms with Gasteiger partial charge in [0.25, 0.3) is 5.91 Å². The Morgan fingerprint density at radius 3 is 2.48 bits per heavy atom. The number of anilines is 1. The van der Waals surface area contributed by atoms with Crippen molar-refractivity contribution in [2.45, 2.75) is 13.2 Å². The number of likely N-dealkylation sites (N-methyl/N-ethyl adjacent to an activating group) is 1. The Labute approximate surface area is 183 Å². The van der Waals surface area contributed by atoms with Crippen LogP contribution in [0, 0.1) is 0 Å². The van der Waals surface area contributed by atoms with Gasteiger partial charge in [0.05, 0.1) is 0 Å². The van der Waals surface area contributed by atoms with Gasteiger partial charge in [-0.05, 0) is 42.9 Å². The zero-order valence-electron chi connectivity index (χ0n) is 18.1. The third kappa shape index (κ3) is 5.24. The van der Waals surface area contributed by atoms with Crippen molar-refractivity contribution in [2.75, 3.05) is 38.1 Å². The molecule has 0 bridgehead atoms. The first-order valence-electron chi connectivity index (χ1n) is 10.6. The summed E-state index contributed by atoms with van der Waals surface area (Å²) in [6.45, 7) is 4.99. The van der Waals surface area contributed by atoms with Gasteiger partial charge in [0, 0.05) is 63.4 Å². The number of ether oxygens (including phenoxy) is 1. The monoisotopic (exact) mass is 419 g/mol. The Morgan fingerprint density at radius 1 is 1.03 bits per heavy atom. The van der Waals surface area contributed by atoms with Crippen molar-refractivity contribution in [1.29, 1.82) is 0 Å². The molecule has 7 nitrogen and oxygen atoms in total. The third-order valence-corrected chi connectivity index (χ3v) is 5.68. The van der Waals surface area contributed by atoms with Crippen molar-refractivity contribution in [3.63, 3.8) is 0 Å².